The van der Waals surface area contributed by atoms with Crippen molar-refractivity contribution in [1.29, 1.82) is 0 Å². The SMILES string of the molecule is CC(=NC(=O)N(Cc1ccccc1)C1CCCCCC1(C)C)c1cccc2ccccc12. The molecule has 3 nitrogen and oxygen atoms in total. The van der Waals surface area contributed by atoms with E-state index in [2.05, 4.69) is 55.2 Å². The average Bonchev–Trinajstić information content (AvgIpc) is 2.97. The predicted octanol–water partition coefficient (Wildman–Crippen LogP) is 7.63. The second-order valence-corrected chi connectivity index (χ2v) is 9.72. The first-order chi connectivity index (χ1) is 15.5. The van der Waals surface area contributed by atoms with Crippen LogP contribution in [-0.4, -0.2) is 22.7 Å². The Kier molecular flexibility index (Phi) is 6.74. The van der Waals surface area contributed by atoms with Gasteiger partial charge in [0.05, 0.1) is 5.71 Å². The number of nitrogens with zero attached hydrogens (tertiary/aromatic N) is 2. The van der Waals surface area contributed by atoms with Gasteiger partial charge in [-0.3, -0.25) is 0 Å². The molecule has 0 saturated heterocycles. The summed E-state index contributed by atoms with van der Waals surface area (Å²) in [4.78, 5) is 20.4. The number of fused-ring (bicyclic) bond motifs is 1. The van der Waals surface area contributed by atoms with E-state index >= 15 is 0 Å². The largest absolute Gasteiger partial charge is 0.344 e. The third-order valence-electron chi connectivity index (χ3n) is 6.96. The summed E-state index contributed by atoms with van der Waals surface area (Å²) >= 11 is 0. The summed E-state index contributed by atoms with van der Waals surface area (Å²) in [5.41, 5.74) is 3.02. The standard InChI is InChI=1S/C29H34N2O/c1-22(25-18-12-16-24-15-9-10-17-26(24)25)30-28(32)31(21-23-13-6-4-7-14-23)27-19-8-5-11-20-29(27,2)3/h4,6-7,9-10,12-18,27H,5,8,11,19-21H2,1-3H3. The van der Waals surface area contributed by atoms with E-state index in [0.717, 1.165) is 40.5 Å². The normalized spacial score (nSPS) is 18.8. The van der Waals surface area contributed by atoms with Crippen molar-refractivity contribution >= 4 is 22.5 Å². The number of benzene rings is 3. The fourth-order valence-corrected chi connectivity index (χ4v) is 5.13. The molecule has 32 heavy (non-hydrogen) atoms. The number of amides is 2. The highest BCUT2D eigenvalue weighted by Gasteiger charge is 2.37. The van der Waals surface area contributed by atoms with Gasteiger partial charge in [-0.1, -0.05) is 106 Å². The summed E-state index contributed by atoms with van der Waals surface area (Å²) in [6.07, 6.45) is 5.82. The zero-order chi connectivity index (χ0) is 22.6. The Hall–Kier alpha value is -2.94. The molecule has 3 aromatic rings. The minimum absolute atomic E-state index is 0.0732. The first-order valence-corrected chi connectivity index (χ1v) is 11.8. The van der Waals surface area contributed by atoms with Gasteiger partial charge in [-0.25, -0.2) is 4.79 Å². The van der Waals surface area contributed by atoms with Crippen molar-refractivity contribution in [3.63, 3.8) is 0 Å². The lowest BCUT2D eigenvalue weighted by atomic mass is 9.79. The molecule has 0 N–H and O–H groups in total. The average molecular weight is 427 g/mol. The molecule has 3 heteroatoms. The first kappa shape index (κ1) is 22.3. The van der Waals surface area contributed by atoms with Crippen LogP contribution in [0.5, 0.6) is 0 Å². The van der Waals surface area contributed by atoms with E-state index in [0.29, 0.717) is 6.54 Å². The number of carbonyl (C=O) groups is 1. The number of aliphatic imine (C=N–C) groups is 1. The quantitative estimate of drug-likeness (QED) is 0.312. The first-order valence-electron chi connectivity index (χ1n) is 11.8. The molecule has 1 atom stereocenters. The van der Waals surface area contributed by atoms with E-state index in [1.807, 2.05) is 48.2 Å². The van der Waals surface area contributed by atoms with Gasteiger partial charge < -0.3 is 4.90 Å². The summed E-state index contributed by atoms with van der Waals surface area (Å²) in [6, 6.07) is 24.9. The Morgan fingerprint density at radius 3 is 2.47 bits per heavy atom. The fourth-order valence-electron chi connectivity index (χ4n) is 5.13. The summed E-state index contributed by atoms with van der Waals surface area (Å²) in [6.45, 7) is 7.18. The molecule has 3 aromatic carbocycles. The fraction of sp³-hybridized carbons (Fsp3) is 0.379. The van der Waals surface area contributed by atoms with E-state index < -0.39 is 0 Å². The predicted molar refractivity (Wildman–Crippen MR) is 134 cm³/mol. The van der Waals surface area contributed by atoms with E-state index in [4.69, 9.17) is 0 Å². The summed E-state index contributed by atoms with van der Waals surface area (Å²) in [5.74, 6) is 0. The van der Waals surface area contributed by atoms with Crippen molar-refractivity contribution in [2.24, 2.45) is 10.4 Å². The molecule has 0 aromatic heterocycles. The lowest BCUT2D eigenvalue weighted by molar-refractivity contribution is 0.100. The molecule has 4 rings (SSSR count). The highest BCUT2D eigenvalue weighted by atomic mass is 16.2. The van der Waals surface area contributed by atoms with Crippen LogP contribution in [0.15, 0.2) is 77.8 Å². The number of urea groups is 1. The molecule has 0 spiro atoms. The molecule has 2 amide bonds. The zero-order valence-electron chi connectivity index (χ0n) is 19.6. The maximum atomic E-state index is 13.7. The summed E-state index contributed by atoms with van der Waals surface area (Å²) < 4.78 is 0. The minimum Gasteiger partial charge on any atom is -0.315 e. The van der Waals surface area contributed by atoms with Gasteiger partial charge in [-0.05, 0) is 41.5 Å². The van der Waals surface area contributed by atoms with E-state index in [9.17, 15) is 4.79 Å². The Morgan fingerprint density at radius 2 is 1.66 bits per heavy atom. The molecule has 1 aliphatic rings. The molecular formula is C29H34N2O. The number of rotatable bonds is 4. The van der Waals surface area contributed by atoms with Crippen LogP contribution in [-0.2, 0) is 6.54 Å². The number of hydrogen-bond donors (Lipinski definition) is 0. The van der Waals surface area contributed by atoms with Crippen LogP contribution in [0.1, 0.15) is 64.0 Å². The molecule has 0 heterocycles. The lowest BCUT2D eigenvalue weighted by Gasteiger charge is -2.40. The molecule has 0 bridgehead atoms. The Bertz CT molecular complexity index is 1100. The van der Waals surface area contributed by atoms with Gasteiger partial charge in [-0.15, -0.1) is 0 Å². The molecule has 0 radical (unpaired) electrons. The second-order valence-electron chi connectivity index (χ2n) is 9.72. The molecule has 0 aliphatic heterocycles. The van der Waals surface area contributed by atoms with Crippen LogP contribution in [0.2, 0.25) is 0 Å². The summed E-state index contributed by atoms with van der Waals surface area (Å²) in [7, 11) is 0. The van der Waals surface area contributed by atoms with Gasteiger partial charge in [0.25, 0.3) is 0 Å². The maximum absolute atomic E-state index is 13.7. The van der Waals surface area contributed by atoms with Crippen molar-refractivity contribution in [2.75, 3.05) is 0 Å². The topological polar surface area (TPSA) is 32.7 Å². The van der Waals surface area contributed by atoms with Gasteiger partial charge in [0.1, 0.15) is 0 Å². The van der Waals surface area contributed by atoms with Crippen molar-refractivity contribution in [1.82, 2.24) is 4.90 Å². The van der Waals surface area contributed by atoms with Gasteiger partial charge in [0, 0.05) is 18.2 Å². The van der Waals surface area contributed by atoms with Crippen LogP contribution >= 0.6 is 0 Å². The smallest absolute Gasteiger partial charge is 0.315 e. The molecule has 1 unspecified atom stereocenters. The Balaban J connectivity index is 1.70. The van der Waals surface area contributed by atoms with Crippen molar-refractivity contribution in [3.8, 4) is 0 Å². The Morgan fingerprint density at radius 1 is 0.938 bits per heavy atom. The zero-order valence-corrected chi connectivity index (χ0v) is 19.6. The second kappa shape index (κ2) is 9.68. The minimum atomic E-state index is -0.126. The third-order valence-corrected chi connectivity index (χ3v) is 6.96. The Labute approximate surface area is 192 Å². The third kappa shape index (κ3) is 4.93. The maximum Gasteiger partial charge on any atom is 0.344 e. The van der Waals surface area contributed by atoms with Crippen LogP contribution in [0.4, 0.5) is 4.79 Å². The van der Waals surface area contributed by atoms with Crippen LogP contribution in [0.3, 0.4) is 0 Å². The van der Waals surface area contributed by atoms with Crippen molar-refractivity contribution in [3.05, 3.63) is 83.9 Å². The highest BCUT2D eigenvalue weighted by molar-refractivity contribution is 6.12. The number of carbonyl (C=O) groups excluding carboxylic acids is 1. The van der Waals surface area contributed by atoms with Gasteiger partial charge in [-0.2, -0.15) is 4.99 Å². The molecular weight excluding hydrogens is 392 g/mol. The van der Waals surface area contributed by atoms with E-state index in [-0.39, 0.29) is 17.5 Å². The van der Waals surface area contributed by atoms with Crippen molar-refractivity contribution < 1.29 is 4.79 Å². The molecule has 1 aliphatic carbocycles. The van der Waals surface area contributed by atoms with Crippen LogP contribution in [0.25, 0.3) is 10.8 Å². The lowest BCUT2D eigenvalue weighted by Crippen LogP contribution is -2.46. The van der Waals surface area contributed by atoms with Crippen molar-refractivity contribution in [2.45, 2.75) is 65.5 Å². The highest BCUT2D eigenvalue weighted by Crippen LogP contribution is 2.38. The van der Waals surface area contributed by atoms with Gasteiger partial charge >= 0.3 is 6.03 Å². The monoisotopic (exact) mass is 426 g/mol. The molecule has 166 valence electrons. The molecule has 1 saturated carbocycles. The van der Waals surface area contributed by atoms with Crippen LogP contribution in [0, 0.1) is 5.41 Å². The van der Waals surface area contributed by atoms with Crippen LogP contribution < -0.4 is 0 Å². The van der Waals surface area contributed by atoms with E-state index in [1.54, 1.807) is 0 Å². The van der Waals surface area contributed by atoms with Gasteiger partial charge in [0.2, 0.25) is 0 Å². The summed E-state index contributed by atoms with van der Waals surface area (Å²) in [5, 5.41) is 2.30. The number of hydrogen-bond acceptors (Lipinski definition) is 1. The van der Waals surface area contributed by atoms with E-state index in [1.165, 1.54) is 19.3 Å². The van der Waals surface area contributed by atoms with Gasteiger partial charge in [0.15, 0.2) is 0 Å². The molecule has 1 fully saturated rings.